The highest BCUT2D eigenvalue weighted by Crippen LogP contribution is 2.33. The fourth-order valence-electron chi connectivity index (χ4n) is 4.76. The van der Waals surface area contributed by atoms with E-state index in [-0.39, 0.29) is 25.4 Å². The molecule has 5 rings (SSSR count). The maximum absolute atomic E-state index is 12.1. The van der Waals surface area contributed by atoms with E-state index in [4.69, 9.17) is 18.9 Å². The normalized spacial score (nSPS) is 16.6. The van der Waals surface area contributed by atoms with Gasteiger partial charge in [-0.05, 0) is 73.5 Å². The Balaban J connectivity index is 0.886. The van der Waals surface area contributed by atoms with Crippen molar-refractivity contribution in [1.29, 1.82) is 0 Å². The lowest BCUT2D eigenvalue weighted by Crippen LogP contribution is -2.47. The molecule has 0 atom stereocenters. The van der Waals surface area contributed by atoms with Crippen molar-refractivity contribution in [2.45, 2.75) is 12.8 Å². The molecule has 0 aliphatic carbocycles. The number of hydrogen-bond acceptors (Lipinski definition) is 8. The summed E-state index contributed by atoms with van der Waals surface area (Å²) in [4.78, 5) is 29.2. The van der Waals surface area contributed by atoms with Crippen LogP contribution in [0.3, 0.4) is 0 Å². The molecule has 1 saturated heterocycles. The van der Waals surface area contributed by atoms with E-state index in [9.17, 15) is 9.59 Å². The fraction of sp³-hybridized carbons (Fsp3) is 0.400. The first-order valence-electron chi connectivity index (χ1n) is 13.8. The molecule has 0 radical (unpaired) electrons. The van der Waals surface area contributed by atoms with Crippen LogP contribution in [0.2, 0.25) is 0 Å². The summed E-state index contributed by atoms with van der Waals surface area (Å²) in [6.07, 6.45) is 8.48. The number of nitrogens with zero attached hydrogens (tertiary/aromatic N) is 2. The molecule has 2 aromatic rings. The molecule has 10 nitrogen and oxygen atoms in total. The van der Waals surface area contributed by atoms with E-state index in [1.807, 2.05) is 36.4 Å². The average Bonchev–Trinajstić information content (AvgIpc) is 3.65. The van der Waals surface area contributed by atoms with Crippen molar-refractivity contribution in [3.8, 4) is 23.0 Å². The number of piperazine rings is 1. The first-order valence-corrected chi connectivity index (χ1v) is 13.8. The van der Waals surface area contributed by atoms with Crippen LogP contribution in [0.4, 0.5) is 0 Å². The van der Waals surface area contributed by atoms with Crippen LogP contribution in [0.15, 0.2) is 48.6 Å². The molecular formula is C30H36N4O6. The van der Waals surface area contributed by atoms with E-state index in [1.54, 1.807) is 24.3 Å². The van der Waals surface area contributed by atoms with Gasteiger partial charge in [0.15, 0.2) is 23.0 Å². The van der Waals surface area contributed by atoms with E-state index in [0.717, 1.165) is 74.7 Å². The lowest BCUT2D eigenvalue weighted by molar-refractivity contribution is -0.117. The molecule has 3 aliphatic rings. The predicted octanol–water partition coefficient (Wildman–Crippen LogP) is 2.50. The minimum atomic E-state index is -0.0991. The van der Waals surface area contributed by atoms with Crippen LogP contribution in [-0.2, 0) is 9.59 Å². The maximum Gasteiger partial charge on any atom is 0.243 e. The second-order valence-electron chi connectivity index (χ2n) is 9.86. The SMILES string of the molecule is O=C(C=Cc1ccc2c(c1)OCO2)NCCCN1CCN(CCCNC(=O)C=Cc2ccc3c(c2)OCO3)CC1. The van der Waals surface area contributed by atoms with E-state index in [1.165, 1.54) is 0 Å². The van der Waals surface area contributed by atoms with Gasteiger partial charge in [0.05, 0.1) is 0 Å². The van der Waals surface area contributed by atoms with Crippen LogP contribution in [0.1, 0.15) is 24.0 Å². The Bertz CT molecular complexity index is 1140. The number of amides is 2. The Morgan fingerprint density at radius 3 is 1.52 bits per heavy atom. The van der Waals surface area contributed by atoms with Crippen molar-refractivity contribution >= 4 is 24.0 Å². The standard InChI is InChI=1S/C30H36N4O6/c35-29(9-5-23-3-7-25-27(19-23)39-21-37-25)31-11-1-13-33-15-17-34(18-16-33)14-2-12-32-30(36)10-6-24-4-8-26-28(20-24)40-22-38-26/h3-10,19-20H,1-2,11-18,21-22H2,(H,31,35)(H,32,36). The quantitative estimate of drug-likeness (QED) is 0.308. The smallest absolute Gasteiger partial charge is 0.243 e. The molecule has 0 aromatic heterocycles. The highest BCUT2D eigenvalue weighted by Gasteiger charge is 2.16. The topological polar surface area (TPSA) is 102 Å². The van der Waals surface area contributed by atoms with Gasteiger partial charge in [0, 0.05) is 51.4 Å². The van der Waals surface area contributed by atoms with Crippen LogP contribution in [0.25, 0.3) is 12.2 Å². The van der Waals surface area contributed by atoms with Crippen LogP contribution in [0, 0.1) is 0 Å². The zero-order chi connectivity index (χ0) is 27.6. The molecule has 0 bridgehead atoms. The number of ether oxygens (including phenoxy) is 4. The summed E-state index contributed by atoms with van der Waals surface area (Å²) in [5, 5.41) is 5.91. The highest BCUT2D eigenvalue weighted by molar-refractivity contribution is 5.92. The van der Waals surface area contributed by atoms with Crippen LogP contribution < -0.4 is 29.6 Å². The van der Waals surface area contributed by atoms with Crippen molar-refractivity contribution in [2.24, 2.45) is 0 Å². The third-order valence-electron chi connectivity index (χ3n) is 7.01. The van der Waals surface area contributed by atoms with Gasteiger partial charge in [0.2, 0.25) is 25.4 Å². The van der Waals surface area contributed by atoms with Gasteiger partial charge in [0.1, 0.15) is 0 Å². The molecule has 0 unspecified atom stereocenters. The van der Waals surface area contributed by atoms with Gasteiger partial charge >= 0.3 is 0 Å². The second kappa shape index (κ2) is 13.9. The van der Waals surface area contributed by atoms with Gasteiger partial charge in [-0.2, -0.15) is 0 Å². The summed E-state index contributed by atoms with van der Waals surface area (Å²) in [5.74, 6) is 2.67. The van der Waals surface area contributed by atoms with Crippen molar-refractivity contribution < 1.29 is 28.5 Å². The molecule has 3 aliphatic heterocycles. The Labute approximate surface area is 234 Å². The third-order valence-corrected chi connectivity index (χ3v) is 7.01. The largest absolute Gasteiger partial charge is 0.454 e. The maximum atomic E-state index is 12.1. The van der Waals surface area contributed by atoms with Crippen molar-refractivity contribution in [1.82, 2.24) is 20.4 Å². The number of rotatable bonds is 12. The Kier molecular flexibility index (Phi) is 9.54. The summed E-state index contributed by atoms with van der Waals surface area (Å²) in [7, 11) is 0. The molecule has 1 fully saturated rings. The fourth-order valence-corrected chi connectivity index (χ4v) is 4.76. The number of fused-ring (bicyclic) bond motifs is 2. The third kappa shape index (κ3) is 8.00. The van der Waals surface area contributed by atoms with Gasteiger partial charge < -0.3 is 39.4 Å². The molecule has 212 valence electrons. The number of benzene rings is 2. The molecule has 2 N–H and O–H groups in total. The van der Waals surface area contributed by atoms with E-state index < -0.39 is 0 Å². The summed E-state index contributed by atoms with van der Waals surface area (Å²) < 4.78 is 21.3. The summed E-state index contributed by atoms with van der Waals surface area (Å²) in [6.45, 7) is 7.76. The van der Waals surface area contributed by atoms with E-state index >= 15 is 0 Å². The van der Waals surface area contributed by atoms with Crippen LogP contribution in [-0.4, -0.2) is 87.6 Å². The zero-order valence-electron chi connectivity index (χ0n) is 22.6. The number of carbonyl (C=O) groups excluding carboxylic acids is 2. The molecule has 0 spiro atoms. The molecule has 2 amide bonds. The average molecular weight is 549 g/mol. The highest BCUT2D eigenvalue weighted by atomic mass is 16.7. The Morgan fingerprint density at radius 1 is 0.650 bits per heavy atom. The predicted molar refractivity (Wildman–Crippen MR) is 151 cm³/mol. The molecule has 3 heterocycles. The Hall–Kier alpha value is -4.02. The van der Waals surface area contributed by atoms with Gasteiger partial charge in [-0.1, -0.05) is 12.1 Å². The monoisotopic (exact) mass is 548 g/mol. The van der Waals surface area contributed by atoms with Gasteiger partial charge in [-0.25, -0.2) is 0 Å². The van der Waals surface area contributed by atoms with E-state index in [2.05, 4.69) is 20.4 Å². The van der Waals surface area contributed by atoms with Crippen molar-refractivity contribution in [3.05, 3.63) is 59.7 Å². The Morgan fingerprint density at radius 2 is 1.07 bits per heavy atom. The first-order chi connectivity index (χ1) is 19.6. The number of hydrogen-bond donors (Lipinski definition) is 2. The first kappa shape index (κ1) is 27.5. The van der Waals surface area contributed by atoms with Gasteiger partial charge in [-0.15, -0.1) is 0 Å². The van der Waals surface area contributed by atoms with E-state index in [0.29, 0.717) is 24.6 Å². The number of carbonyl (C=O) groups is 2. The minimum Gasteiger partial charge on any atom is -0.454 e. The molecular weight excluding hydrogens is 512 g/mol. The minimum absolute atomic E-state index is 0.0991. The summed E-state index contributed by atoms with van der Waals surface area (Å²) in [6, 6.07) is 11.2. The summed E-state index contributed by atoms with van der Waals surface area (Å²) >= 11 is 0. The lowest BCUT2D eigenvalue weighted by atomic mass is 10.2. The number of nitrogens with one attached hydrogen (secondary N) is 2. The second-order valence-corrected chi connectivity index (χ2v) is 9.86. The van der Waals surface area contributed by atoms with Crippen LogP contribution in [0.5, 0.6) is 23.0 Å². The van der Waals surface area contributed by atoms with Crippen LogP contribution >= 0.6 is 0 Å². The van der Waals surface area contributed by atoms with Gasteiger partial charge in [-0.3, -0.25) is 9.59 Å². The van der Waals surface area contributed by atoms with Crippen molar-refractivity contribution in [2.75, 3.05) is 65.9 Å². The van der Waals surface area contributed by atoms with Crippen molar-refractivity contribution in [3.63, 3.8) is 0 Å². The zero-order valence-corrected chi connectivity index (χ0v) is 22.6. The molecule has 40 heavy (non-hydrogen) atoms. The lowest BCUT2D eigenvalue weighted by Gasteiger charge is -2.34. The molecule has 10 heteroatoms. The van der Waals surface area contributed by atoms with Gasteiger partial charge in [0.25, 0.3) is 0 Å². The summed E-state index contributed by atoms with van der Waals surface area (Å²) in [5.41, 5.74) is 1.79. The molecule has 0 saturated carbocycles. The molecule has 2 aromatic carbocycles.